The number of hydrogen-bond acceptors (Lipinski definition) is 5. The van der Waals surface area contributed by atoms with Gasteiger partial charge in [-0.2, -0.15) is 11.8 Å². The minimum atomic E-state index is -0.0853. The van der Waals surface area contributed by atoms with Crippen LogP contribution in [0.5, 0.6) is 0 Å². The molecule has 0 aliphatic heterocycles. The molecule has 0 aliphatic rings. The number of rotatable bonds is 7. The molecule has 0 aromatic carbocycles. The summed E-state index contributed by atoms with van der Waals surface area (Å²) in [6.45, 7) is 3.42. The summed E-state index contributed by atoms with van der Waals surface area (Å²) in [6, 6.07) is 0. The number of carbonyl (C=O) groups excluding carboxylic acids is 1. The lowest BCUT2D eigenvalue weighted by atomic mass is 10.3. The Morgan fingerprint density at radius 1 is 1.71 bits per heavy atom. The SMILES string of the molecule is CSC(C)CCNC(=O)c1csc(CCN)n1. The summed E-state index contributed by atoms with van der Waals surface area (Å²) in [5.74, 6) is -0.0853. The molecule has 3 N–H and O–H groups in total. The van der Waals surface area contributed by atoms with Crippen molar-refractivity contribution in [1.29, 1.82) is 0 Å². The van der Waals surface area contributed by atoms with Gasteiger partial charge in [-0.3, -0.25) is 4.79 Å². The fourth-order valence-corrected chi connectivity index (χ4v) is 2.40. The van der Waals surface area contributed by atoms with Crippen molar-refractivity contribution in [1.82, 2.24) is 10.3 Å². The maximum atomic E-state index is 11.7. The third-order valence-corrected chi connectivity index (χ3v) is 4.33. The number of nitrogens with zero attached hydrogens (tertiary/aromatic N) is 1. The van der Waals surface area contributed by atoms with Crippen LogP contribution in [0.4, 0.5) is 0 Å². The summed E-state index contributed by atoms with van der Waals surface area (Å²) in [7, 11) is 0. The van der Waals surface area contributed by atoms with Crippen LogP contribution in [0.25, 0.3) is 0 Å². The number of thiazole rings is 1. The van der Waals surface area contributed by atoms with Gasteiger partial charge < -0.3 is 11.1 Å². The number of hydrogen-bond donors (Lipinski definition) is 2. The molecule has 17 heavy (non-hydrogen) atoms. The summed E-state index contributed by atoms with van der Waals surface area (Å²) in [5.41, 5.74) is 5.95. The standard InChI is InChI=1S/C11H19N3OS2/c1-8(16-2)4-6-13-11(15)9-7-17-10(14-9)3-5-12/h7-8H,3-6,12H2,1-2H3,(H,13,15). The van der Waals surface area contributed by atoms with E-state index in [1.54, 1.807) is 17.1 Å². The molecule has 1 unspecified atom stereocenters. The van der Waals surface area contributed by atoms with Gasteiger partial charge in [-0.05, 0) is 19.2 Å². The Morgan fingerprint density at radius 3 is 3.12 bits per heavy atom. The van der Waals surface area contributed by atoms with Gasteiger partial charge in [0.2, 0.25) is 0 Å². The second-order valence-corrected chi connectivity index (χ2v) is 5.97. The van der Waals surface area contributed by atoms with Crippen LogP contribution >= 0.6 is 23.1 Å². The van der Waals surface area contributed by atoms with Crippen molar-refractivity contribution in [2.45, 2.75) is 25.0 Å². The zero-order valence-electron chi connectivity index (χ0n) is 10.2. The Balaban J connectivity index is 2.36. The first kappa shape index (κ1) is 14.5. The van der Waals surface area contributed by atoms with Gasteiger partial charge in [-0.25, -0.2) is 4.98 Å². The van der Waals surface area contributed by atoms with Crippen LogP contribution in [0.1, 0.15) is 28.8 Å². The number of nitrogens with one attached hydrogen (secondary N) is 1. The van der Waals surface area contributed by atoms with Crippen LogP contribution in [0.15, 0.2) is 5.38 Å². The highest BCUT2D eigenvalue weighted by Gasteiger charge is 2.10. The molecule has 1 aromatic heterocycles. The number of carbonyl (C=O) groups is 1. The number of nitrogens with two attached hydrogens (primary N) is 1. The lowest BCUT2D eigenvalue weighted by molar-refractivity contribution is 0.0949. The van der Waals surface area contributed by atoms with E-state index in [1.165, 1.54) is 11.3 Å². The molecule has 6 heteroatoms. The Hall–Kier alpha value is -0.590. The molecule has 0 saturated carbocycles. The monoisotopic (exact) mass is 273 g/mol. The molecule has 0 spiro atoms. The average molecular weight is 273 g/mol. The molecular weight excluding hydrogens is 254 g/mol. The molecule has 1 rings (SSSR count). The summed E-state index contributed by atoms with van der Waals surface area (Å²) < 4.78 is 0. The predicted octanol–water partition coefficient (Wildman–Crippen LogP) is 1.52. The van der Waals surface area contributed by atoms with E-state index in [4.69, 9.17) is 5.73 Å². The van der Waals surface area contributed by atoms with E-state index < -0.39 is 0 Å². The first-order valence-corrected chi connectivity index (χ1v) is 7.79. The first-order chi connectivity index (χ1) is 8.17. The van der Waals surface area contributed by atoms with Crippen LogP contribution in [0, 0.1) is 0 Å². The van der Waals surface area contributed by atoms with Gasteiger partial charge in [0.1, 0.15) is 5.69 Å². The third-order valence-electron chi connectivity index (χ3n) is 2.38. The second-order valence-electron chi connectivity index (χ2n) is 3.76. The van der Waals surface area contributed by atoms with E-state index >= 15 is 0 Å². The lowest BCUT2D eigenvalue weighted by Crippen LogP contribution is -2.26. The second kappa shape index (κ2) is 7.68. The van der Waals surface area contributed by atoms with Crippen LogP contribution in [0.3, 0.4) is 0 Å². The van der Waals surface area contributed by atoms with E-state index in [1.807, 2.05) is 0 Å². The van der Waals surface area contributed by atoms with E-state index in [-0.39, 0.29) is 5.91 Å². The molecule has 96 valence electrons. The van der Waals surface area contributed by atoms with E-state index in [2.05, 4.69) is 23.5 Å². The highest BCUT2D eigenvalue weighted by atomic mass is 32.2. The quantitative estimate of drug-likeness (QED) is 0.790. The Labute approximate surface area is 110 Å². The molecule has 0 aliphatic carbocycles. The Kier molecular flexibility index (Phi) is 6.54. The van der Waals surface area contributed by atoms with Gasteiger partial charge >= 0.3 is 0 Å². The summed E-state index contributed by atoms with van der Waals surface area (Å²) >= 11 is 3.29. The number of aromatic nitrogens is 1. The minimum absolute atomic E-state index is 0.0853. The summed E-state index contributed by atoms with van der Waals surface area (Å²) in [4.78, 5) is 16.0. The highest BCUT2D eigenvalue weighted by molar-refractivity contribution is 7.99. The van der Waals surface area contributed by atoms with Crippen molar-refractivity contribution < 1.29 is 4.79 Å². The first-order valence-electron chi connectivity index (χ1n) is 5.62. The van der Waals surface area contributed by atoms with Gasteiger partial charge in [-0.15, -0.1) is 11.3 Å². The van der Waals surface area contributed by atoms with E-state index in [9.17, 15) is 4.79 Å². The smallest absolute Gasteiger partial charge is 0.270 e. The highest BCUT2D eigenvalue weighted by Crippen LogP contribution is 2.11. The molecule has 0 saturated heterocycles. The fourth-order valence-electron chi connectivity index (χ4n) is 1.25. The number of thioether (sulfide) groups is 1. The van der Waals surface area contributed by atoms with Crippen molar-refractivity contribution >= 4 is 29.0 Å². The van der Waals surface area contributed by atoms with Crippen LogP contribution < -0.4 is 11.1 Å². The lowest BCUT2D eigenvalue weighted by Gasteiger charge is -2.07. The van der Waals surface area contributed by atoms with Gasteiger partial charge in [0.15, 0.2) is 0 Å². The molecular formula is C11H19N3OS2. The summed E-state index contributed by atoms with van der Waals surface area (Å²) in [5, 5.41) is 6.16. The Morgan fingerprint density at radius 2 is 2.47 bits per heavy atom. The molecule has 4 nitrogen and oxygen atoms in total. The normalized spacial score (nSPS) is 12.4. The average Bonchev–Trinajstić information content (AvgIpc) is 2.78. The maximum absolute atomic E-state index is 11.7. The molecule has 1 aromatic rings. The molecule has 1 heterocycles. The van der Waals surface area contributed by atoms with E-state index in [0.717, 1.165) is 17.8 Å². The Bertz CT molecular complexity index is 354. The molecule has 1 amide bonds. The van der Waals surface area contributed by atoms with Crippen LogP contribution in [-0.4, -0.2) is 35.5 Å². The van der Waals surface area contributed by atoms with E-state index in [0.29, 0.717) is 24.0 Å². The topological polar surface area (TPSA) is 68.0 Å². The van der Waals surface area contributed by atoms with Crippen molar-refractivity contribution in [2.75, 3.05) is 19.3 Å². The van der Waals surface area contributed by atoms with Gasteiger partial charge in [-0.1, -0.05) is 6.92 Å². The maximum Gasteiger partial charge on any atom is 0.270 e. The van der Waals surface area contributed by atoms with Crippen molar-refractivity contribution in [3.8, 4) is 0 Å². The predicted molar refractivity (Wildman–Crippen MR) is 74.8 cm³/mol. The van der Waals surface area contributed by atoms with Crippen molar-refractivity contribution in [3.05, 3.63) is 16.1 Å². The van der Waals surface area contributed by atoms with Crippen LogP contribution in [0.2, 0.25) is 0 Å². The van der Waals surface area contributed by atoms with Crippen LogP contribution in [-0.2, 0) is 6.42 Å². The van der Waals surface area contributed by atoms with Gasteiger partial charge in [0.05, 0.1) is 5.01 Å². The van der Waals surface area contributed by atoms with Gasteiger partial charge in [0, 0.05) is 23.6 Å². The van der Waals surface area contributed by atoms with Crippen molar-refractivity contribution in [2.24, 2.45) is 5.73 Å². The number of amides is 1. The van der Waals surface area contributed by atoms with Gasteiger partial charge in [0.25, 0.3) is 5.91 Å². The summed E-state index contributed by atoms with van der Waals surface area (Å²) in [6.07, 6.45) is 3.79. The zero-order chi connectivity index (χ0) is 12.7. The van der Waals surface area contributed by atoms with Crippen molar-refractivity contribution in [3.63, 3.8) is 0 Å². The molecule has 0 bridgehead atoms. The fraction of sp³-hybridized carbons (Fsp3) is 0.636. The molecule has 0 radical (unpaired) electrons. The minimum Gasteiger partial charge on any atom is -0.351 e. The zero-order valence-corrected chi connectivity index (χ0v) is 11.9. The molecule has 0 fully saturated rings. The largest absolute Gasteiger partial charge is 0.351 e. The third kappa shape index (κ3) is 5.06. The molecule has 1 atom stereocenters.